The molecule has 0 spiro atoms. The molecule has 0 bridgehead atoms. The molecule has 57 valence electrons. The summed E-state index contributed by atoms with van der Waals surface area (Å²) in [6.07, 6.45) is 2.03. The van der Waals surface area contributed by atoms with Gasteiger partial charge in [-0.1, -0.05) is 0 Å². The second-order valence-corrected chi connectivity index (χ2v) is 2.85. The van der Waals surface area contributed by atoms with E-state index in [-0.39, 0.29) is 0 Å². The maximum atomic E-state index is 12.9. The molecule has 1 aliphatic carbocycles. The molecule has 2 rings (SSSR count). The Morgan fingerprint density at radius 2 is 2.09 bits per heavy atom. The molecule has 0 unspecified atom stereocenters. The van der Waals surface area contributed by atoms with Crippen molar-refractivity contribution in [1.82, 2.24) is 0 Å². The van der Waals surface area contributed by atoms with Gasteiger partial charge in [0.2, 0.25) is 0 Å². The Morgan fingerprint density at radius 1 is 1.36 bits per heavy atom. The fourth-order valence-corrected chi connectivity index (χ4v) is 1.14. The zero-order chi connectivity index (χ0) is 7.84. The molecule has 1 aliphatic rings. The van der Waals surface area contributed by atoms with Crippen LogP contribution < -0.4 is 0 Å². The molecule has 0 saturated heterocycles. The van der Waals surface area contributed by atoms with E-state index in [0.717, 1.165) is 18.9 Å². The lowest BCUT2D eigenvalue weighted by molar-refractivity contribution is 0.572. The van der Waals surface area contributed by atoms with E-state index in [1.54, 1.807) is 0 Å². The lowest BCUT2D eigenvalue weighted by Gasteiger charge is -1.97. The minimum atomic E-state index is -0.549. The zero-order valence-corrected chi connectivity index (χ0v) is 5.90. The van der Waals surface area contributed by atoms with Gasteiger partial charge in [0.1, 0.15) is 11.6 Å². The van der Waals surface area contributed by atoms with Crippen LogP contribution in [0.4, 0.5) is 8.78 Å². The van der Waals surface area contributed by atoms with Crippen molar-refractivity contribution < 1.29 is 8.78 Å². The molecule has 1 saturated carbocycles. The van der Waals surface area contributed by atoms with Crippen LogP contribution in [0.25, 0.3) is 0 Å². The molecule has 0 N–H and O–H groups in total. The minimum Gasteiger partial charge on any atom is -0.207 e. The Bertz CT molecular complexity index is 277. The molecule has 1 aromatic carbocycles. The maximum absolute atomic E-state index is 12.9. The van der Waals surface area contributed by atoms with Gasteiger partial charge in [-0.3, -0.25) is 0 Å². The van der Waals surface area contributed by atoms with E-state index in [9.17, 15) is 8.78 Å². The molecule has 11 heavy (non-hydrogen) atoms. The first-order valence-corrected chi connectivity index (χ1v) is 3.64. The van der Waals surface area contributed by atoms with Crippen molar-refractivity contribution in [2.75, 3.05) is 0 Å². The van der Waals surface area contributed by atoms with Crippen LogP contribution in [-0.4, -0.2) is 0 Å². The summed E-state index contributed by atoms with van der Waals surface area (Å²) < 4.78 is 25.2. The molecule has 1 fully saturated rings. The Balaban J connectivity index is 2.39. The van der Waals surface area contributed by atoms with Crippen LogP contribution >= 0.6 is 0 Å². The third kappa shape index (κ3) is 1.25. The van der Waals surface area contributed by atoms with Crippen molar-refractivity contribution in [3.8, 4) is 0 Å². The van der Waals surface area contributed by atoms with Gasteiger partial charge in [0.05, 0.1) is 0 Å². The molecule has 0 heterocycles. The standard InChI is InChI=1S/C9H7F2/c10-7-3-4-8(6-1-2-6)9(11)5-7/h3,5-6H,1-2H2. The largest absolute Gasteiger partial charge is 0.207 e. The van der Waals surface area contributed by atoms with E-state index in [4.69, 9.17) is 0 Å². The minimum absolute atomic E-state index is 0.301. The average Bonchev–Trinajstić information content (AvgIpc) is 2.70. The predicted octanol–water partition coefficient (Wildman–Crippen LogP) is 2.64. The van der Waals surface area contributed by atoms with Crippen LogP contribution in [0.1, 0.15) is 24.3 Å². The van der Waals surface area contributed by atoms with E-state index in [1.807, 2.05) is 0 Å². The van der Waals surface area contributed by atoms with Crippen molar-refractivity contribution in [2.45, 2.75) is 18.8 Å². The highest BCUT2D eigenvalue weighted by molar-refractivity contribution is 5.24. The number of halogens is 2. The summed E-state index contributed by atoms with van der Waals surface area (Å²) >= 11 is 0. The summed E-state index contributed by atoms with van der Waals surface area (Å²) in [6, 6.07) is 4.73. The summed E-state index contributed by atoms with van der Waals surface area (Å²) in [7, 11) is 0. The van der Waals surface area contributed by atoms with Crippen LogP contribution in [0.15, 0.2) is 12.1 Å². The molecular weight excluding hydrogens is 146 g/mol. The Kier molecular flexibility index (Phi) is 1.41. The second-order valence-electron chi connectivity index (χ2n) is 2.85. The van der Waals surface area contributed by atoms with Gasteiger partial charge in [-0.2, -0.15) is 0 Å². The van der Waals surface area contributed by atoms with Crippen LogP contribution in [0.2, 0.25) is 0 Å². The fourth-order valence-electron chi connectivity index (χ4n) is 1.14. The third-order valence-corrected chi connectivity index (χ3v) is 1.87. The highest BCUT2D eigenvalue weighted by Gasteiger charge is 2.26. The Morgan fingerprint density at radius 3 is 2.64 bits per heavy atom. The number of hydrogen-bond acceptors (Lipinski definition) is 0. The first-order chi connectivity index (χ1) is 5.27. The third-order valence-electron chi connectivity index (χ3n) is 1.87. The van der Waals surface area contributed by atoms with E-state index in [0.29, 0.717) is 11.5 Å². The molecular formula is C9H7F2. The van der Waals surface area contributed by atoms with Crippen molar-refractivity contribution in [3.63, 3.8) is 0 Å². The van der Waals surface area contributed by atoms with Crippen LogP contribution in [-0.2, 0) is 0 Å². The quantitative estimate of drug-likeness (QED) is 0.581. The normalized spacial score (nSPS) is 16.9. The maximum Gasteiger partial charge on any atom is 0.130 e. The van der Waals surface area contributed by atoms with Crippen molar-refractivity contribution in [3.05, 3.63) is 35.4 Å². The lowest BCUT2D eigenvalue weighted by Crippen LogP contribution is -1.88. The van der Waals surface area contributed by atoms with Gasteiger partial charge in [0.25, 0.3) is 0 Å². The van der Waals surface area contributed by atoms with E-state index < -0.39 is 11.6 Å². The molecule has 0 aromatic heterocycles. The number of rotatable bonds is 1. The number of benzene rings is 1. The average molecular weight is 153 g/mol. The van der Waals surface area contributed by atoms with E-state index in [2.05, 4.69) is 6.07 Å². The van der Waals surface area contributed by atoms with Crippen molar-refractivity contribution >= 4 is 0 Å². The predicted molar refractivity (Wildman–Crippen MR) is 37.2 cm³/mol. The van der Waals surface area contributed by atoms with Gasteiger partial charge in [0.15, 0.2) is 0 Å². The summed E-state index contributed by atoms with van der Waals surface area (Å²) in [5, 5.41) is 0. The highest BCUT2D eigenvalue weighted by Crippen LogP contribution is 2.40. The topological polar surface area (TPSA) is 0 Å². The second kappa shape index (κ2) is 2.29. The number of hydrogen-bond donors (Lipinski definition) is 0. The van der Waals surface area contributed by atoms with Gasteiger partial charge < -0.3 is 0 Å². The van der Waals surface area contributed by atoms with Gasteiger partial charge in [0, 0.05) is 6.07 Å². The molecule has 1 radical (unpaired) electrons. The molecule has 0 aliphatic heterocycles. The fraction of sp³-hybridized carbons (Fsp3) is 0.333. The Hall–Kier alpha value is -0.920. The lowest BCUT2D eigenvalue weighted by atomic mass is 10.1. The van der Waals surface area contributed by atoms with E-state index in [1.165, 1.54) is 6.07 Å². The van der Waals surface area contributed by atoms with E-state index >= 15 is 0 Å². The first kappa shape index (κ1) is 6.77. The van der Waals surface area contributed by atoms with Crippen molar-refractivity contribution in [1.29, 1.82) is 0 Å². The smallest absolute Gasteiger partial charge is 0.130 e. The zero-order valence-electron chi connectivity index (χ0n) is 5.90. The molecule has 0 amide bonds. The van der Waals surface area contributed by atoms with Gasteiger partial charge in [-0.25, -0.2) is 8.78 Å². The molecule has 2 heteroatoms. The van der Waals surface area contributed by atoms with Gasteiger partial charge in [-0.05, 0) is 36.5 Å². The summed E-state index contributed by atoms with van der Waals surface area (Å²) in [6.45, 7) is 0. The highest BCUT2D eigenvalue weighted by atomic mass is 19.1. The SMILES string of the molecule is Fc1c[c]c(C2CC2)c(F)c1. The van der Waals surface area contributed by atoms with Gasteiger partial charge in [-0.15, -0.1) is 0 Å². The summed E-state index contributed by atoms with van der Waals surface area (Å²) in [4.78, 5) is 0. The first-order valence-electron chi connectivity index (χ1n) is 3.64. The summed E-state index contributed by atoms with van der Waals surface area (Å²) in [5.74, 6) is -0.699. The van der Waals surface area contributed by atoms with Crippen molar-refractivity contribution in [2.24, 2.45) is 0 Å². The van der Waals surface area contributed by atoms with Gasteiger partial charge >= 0.3 is 0 Å². The summed E-state index contributed by atoms with van der Waals surface area (Å²) in [5.41, 5.74) is 0.548. The van der Waals surface area contributed by atoms with Crippen LogP contribution in [0.3, 0.4) is 0 Å². The Labute approximate surface area is 63.9 Å². The molecule has 0 atom stereocenters. The van der Waals surface area contributed by atoms with Crippen LogP contribution in [0, 0.1) is 17.7 Å². The molecule has 1 aromatic rings. The van der Waals surface area contributed by atoms with Crippen LogP contribution in [0.5, 0.6) is 0 Å². The molecule has 0 nitrogen and oxygen atoms in total. The monoisotopic (exact) mass is 153 g/mol.